The lowest BCUT2D eigenvalue weighted by molar-refractivity contribution is -0.385. The maximum absolute atomic E-state index is 13.1. The van der Waals surface area contributed by atoms with Gasteiger partial charge in [-0.2, -0.15) is 9.57 Å². The molecule has 1 N–H and O–H groups in total. The Bertz CT molecular complexity index is 1570. The molecule has 0 unspecified atom stereocenters. The Balaban J connectivity index is 1.47. The highest BCUT2D eigenvalue weighted by atomic mass is 32.2. The molecule has 3 aromatic rings. The van der Waals surface area contributed by atoms with Crippen molar-refractivity contribution in [3.63, 3.8) is 0 Å². The molecule has 0 bridgehead atoms. The number of nitro benzene ring substituents is 1. The van der Waals surface area contributed by atoms with Crippen LogP contribution in [0.2, 0.25) is 0 Å². The molecule has 0 saturated carbocycles. The first-order valence-electron chi connectivity index (χ1n) is 12.2. The molecule has 2 aromatic carbocycles. The predicted octanol–water partition coefficient (Wildman–Crippen LogP) is 4.04. The molecule has 1 amide bonds. The van der Waals surface area contributed by atoms with Crippen LogP contribution in [0, 0.1) is 28.4 Å². The quantitative estimate of drug-likeness (QED) is 0.201. The number of sulfonamides is 1. The first-order chi connectivity index (χ1) is 18.6. The maximum atomic E-state index is 13.1. The van der Waals surface area contributed by atoms with Crippen molar-refractivity contribution >= 4 is 33.4 Å². The summed E-state index contributed by atoms with van der Waals surface area (Å²) in [6, 6.07) is 15.6. The zero-order chi connectivity index (χ0) is 28.2. The maximum Gasteiger partial charge on any atom is 0.272 e. The van der Waals surface area contributed by atoms with E-state index in [2.05, 4.69) is 10.2 Å². The summed E-state index contributed by atoms with van der Waals surface area (Å²) in [5.74, 6) is -0.00905. The number of rotatable bonds is 7. The van der Waals surface area contributed by atoms with Crippen LogP contribution in [0.5, 0.6) is 0 Å². The lowest BCUT2D eigenvalue weighted by Crippen LogP contribution is -2.34. The molecular weight excluding hydrogens is 522 g/mol. The minimum Gasteiger partial charge on any atom is -0.457 e. The summed E-state index contributed by atoms with van der Waals surface area (Å²) in [4.78, 5) is 25.4. The Morgan fingerprint density at radius 2 is 1.85 bits per heavy atom. The van der Waals surface area contributed by atoms with E-state index in [9.17, 15) is 28.6 Å². The van der Waals surface area contributed by atoms with Gasteiger partial charge in [0.05, 0.1) is 9.82 Å². The molecule has 0 spiro atoms. The molecule has 39 heavy (non-hydrogen) atoms. The third-order valence-corrected chi connectivity index (χ3v) is 8.30. The number of hydrogen-bond acceptors (Lipinski definition) is 8. The minimum absolute atomic E-state index is 0.0763. The first-order valence-corrected chi connectivity index (χ1v) is 13.6. The van der Waals surface area contributed by atoms with Gasteiger partial charge in [-0.3, -0.25) is 14.9 Å². The van der Waals surface area contributed by atoms with Crippen molar-refractivity contribution in [2.75, 3.05) is 38.5 Å². The molecule has 2 heterocycles. The van der Waals surface area contributed by atoms with Gasteiger partial charge in [0.2, 0.25) is 10.0 Å². The van der Waals surface area contributed by atoms with Crippen LogP contribution in [-0.2, 0) is 14.8 Å². The lowest BCUT2D eigenvalue weighted by Gasteiger charge is -2.20. The molecule has 11 nitrogen and oxygen atoms in total. The van der Waals surface area contributed by atoms with Crippen molar-refractivity contribution in [3.05, 3.63) is 81.6 Å². The van der Waals surface area contributed by atoms with Crippen LogP contribution in [0.25, 0.3) is 17.4 Å². The number of anilines is 1. The van der Waals surface area contributed by atoms with Crippen LogP contribution in [0.1, 0.15) is 17.7 Å². The number of hydrogen-bond donors (Lipinski definition) is 1. The van der Waals surface area contributed by atoms with Crippen LogP contribution < -0.4 is 5.32 Å². The second-order valence-corrected chi connectivity index (χ2v) is 11.1. The zero-order valence-electron chi connectivity index (χ0n) is 21.5. The van der Waals surface area contributed by atoms with Crippen LogP contribution in [0.15, 0.2) is 69.5 Å². The summed E-state index contributed by atoms with van der Waals surface area (Å²) in [5, 5.41) is 23.0. The number of nitrogens with one attached hydrogen (secondary N) is 1. The summed E-state index contributed by atoms with van der Waals surface area (Å²) < 4.78 is 33.5. The summed E-state index contributed by atoms with van der Waals surface area (Å²) >= 11 is 0. The molecule has 4 rings (SSSR count). The van der Waals surface area contributed by atoms with E-state index in [0.717, 1.165) is 13.0 Å². The highest BCUT2D eigenvalue weighted by Gasteiger charge is 2.26. The van der Waals surface area contributed by atoms with Crippen LogP contribution >= 0.6 is 0 Å². The second-order valence-electron chi connectivity index (χ2n) is 9.17. The van der Waals surface area contributed by atoms with E-state index in [4.69, 9.17) is 4.42 Å². The Hall–Kier alpha value is -4.31. The Kier molecular flexibility index (Phi) is 8.25. The number of nitriles is 1. The number of amides is 1. The van der Waals surface area contributed by atoms with E-state index in [1.807, 2.05) is 13.1 Å². The van der Waals surface area contributed by atoms with Gasteiger partial charge in [-0.15, -0.1) is 0 Å². The summed E-state index contributed by atoms with van der Waals surface area (Å²) in [7, 11) is -1.64. The van der Waals surface area contributed by atoms with Gasteiger partial charge in [0.25, 0.3) is 11.6 Å². The van der Waals surface area contributed by atoms with Crippen molar-refractivity contribution in [1.82, 2.24) is 9.21 Å². The molecule has 1 aromatic heterocycles. The van der Waals surface area contributed by atoms with Gasteiger partial charge in [0.15, 0.2) is 0 Å². The van der Waals surface area contributed by atoms with Crippen molar-refractivity contribution in [3.8, 4) is 17.4 Å². The predicted molar refractivity (Wildman–Crippen MR) is 145 cm³/mol. The molecule has 0 aliphatic carbocycles. The van der Waals surface area contributed by atoms with Gasteiger partial charge < -0.3 is 14.6 Å². The van der Waals surface area contributed by atoms with Crippen molar-refractivity contribution in [2.24, 2.45) is 0 Å². The molecule has 0 radical (unpaired) electrons. The third-order valence-electron chi connectivity index (χ3n) is 6.38. The van der Waals surface area contributed by atoms with Gasteiger partial charge in [-0.25, -0.2) is 8.42 Å². The Labute approximate surface area is 226 Å². The van der Waals surface area contributed by atoms with E-state index in [-0.39, 0.29) is 21.9 Å². The fourth-order valence-corrected chi connectivity index (χ4v) is 5.69. The Morgan fingerprint density at radius 3 is 2.51 bits per heavy atom. The number of nitro groups is 1. The zero-order valence-corrected chi connectivity index (χ0v) is 22.3. The average molecular weight is 550 g/mol. The van der Waals surface area contributed by atoms with E-state index in [0.29, 0.717) is 42.2 Å². The van der Waals surface area contributed by atoms with Gasteiger partial charge in [-0.05, 0) is 75.5 Å². The molecule has 1 aliphatic rings. The van der Waals surface area contributed by atoms with Gasteiger partial charge in [-0.1, -0.05) is 0 Å². The van der Waals surface area contributed by atoms with Gasteiger partial charge in [0.1, 0.15) is 23.2 Å². The summed E-state index contributed by atoms with van der Waals surface area (Å²) in [5.41, 5.74) is 1.01. The molecule has 1 aliphatic heterocycles. The second kappa shape index (κ2) is 11.6. The Morgan fingerprint density at radius 1 is 1.10 bits per heavy atom. The first kappa shape index (κ1) is 27.7. The van der Waals surface area contributed by atoms with E-state index >= 15 is 0 Å². The van der Waals surface area contributed by atoms with Crippen molar-refractivity contribution in [2.45, 2.75) is 18.2 Å². The van der Waals surface area contributed by atoms with Crippen LogP contribution in [-0.4, -0.2) is 61.7 Å². The highest BCUT2D eigenvalue weighted by molar-refractivity contribution is 7.89. The number of nitrogens with zero attached hydrogens (tertiary/aromatic N) is 4. The number of carbonyl (C=O) groups is 1. The van der Waals surface area contributed by atoms with E-state index in [1.165, 1.54) is 40.7 Å². The number of aryl methyl sites for hydroxylation is 1. The molecule has 202 valence electrons. The van der Waals surface area contributed by atoms with Crippen molar-refractivity contribution in [1.29, 1.82) is 5.26 Å². The van der Waals surface area contributed by atoms with Crippen molar-refractivity contribution < 1.29 is 22.6 Å². The lowest BCUT2D eigenvalue weighted by atomic mass is 10.1. The van der Waals surface area contributed by atoms with Gasteiger partial charge >= 0.3 is 0 Å². The minimum atomic E-state index is -3.61. The van der Waals surface area contributed by atoms with E-state index in [1.54, 1.807) is 31.2 Å². The third kappa shape index (κ3) is 6.40. The average Bonchev–Trinajstić information content (AvgIpc) is 3.26. The highest BCUT2D eigenvalue weighted by Crippen LogP contribution is 2.27. The fraction of sp³-hybridized carbons (Fsp3) is 0.259. The fourth-order valence-electron chi connectivity index (χ4n) is 4.22. The molecule has 12 heteroatoms. The number of carbonyl (C=O) groups excluding carboxylic acids is 1. The van der Waals surface area contributed by atoms with Crippen LogP contribution in [0.4, 0.5) is 11.4 Å². The number of likely N-dealkylation sites (N-methyl/N-ethyl adjacent to an activating group) is 1. The normalized spacial score (nSPS) is 15.4. The molecule has 0 atom stereocenters. The smallest absolute Gasteiger partial charge is 0.272 e. The number of benzene rings is 2. The molecule has 1 saturated heterocycles. The standard InChI is InChI=1S/C27H27N5O6S/c1-19-16-22(6-10-25(19)32(34)35)29-27(33)21(18-28)17-23-7-11-26(38-23)20-4-8-24(9-5-20)39(36,37)31-13-3-12-30(2)14-15-31/h4-11,16-17H,3,12-15H2,1-2H3,(H,29,33)/b21-17+. The van der Waals surface area contributed by atoms with Crippen LogP contribution in [0.3, 0.4) is 0 Å². The van der Waals surface area contributed by atoms with E-state index < -0.39 is 20.9 Å². The molecule has 1 fully saturated rings. The molecular formula is C27H27N5O6S. The number of furan rings is 1. The largest absolute Gasteiger partial charge is 0.457 e. The summed E-state index contributed by atoms with van der Waals surface area (Å²) in [6.07, 6.45) is 2.05. The SMILES string of the molecule is Cc1cc(NC(=O)/C(C#N)=C/c2ccc(-c3ccc(S(=O)(=O)N4CCCN(C)CC4)cc3)o2)ccc1[N+](=O)[O-]. The monoisotopic (exact) mass is 549 g/mol. The topological polar surface area (TPSA) is 150 Å². The summed E-state index contributed by atoms with van der Waals surface area (Å²) in [6.45, 7) is 3.99. The van der Waals surface area contributed by atoms with Gasteiger partial charge in [0, 0.05) is 48.6 Å².